The standard InChI is InChI=1S/C17H25N3O3/c1-10(2)7-14-16(22)18-5-6-20(14)17(23)12-8-13(11(3)4)19-15(21)9-12/h8-11,14H,5-7H2,1-4H3,(H,18,22)(H,19,21). The minimum Gasteiger partial charge on any atom is -0.353 e. The number of pyridine rings is 1. The molecular formula is C17H25N3O3. The van der Waals surface area contributed by atoms with Crippen molar-refractivity contribution in [2.45, 2.75) is 46.1 Å². The number of hydrogen-bond donors (Lipinski definition) is 2. The largest absolute Gasteiger partial charge is 0.353 e. The van der Waals surface area contributed by atoms with Gasteiger partial charge < -0.3 is 15.2 Å². The minimum atomic E-state index is -0.474. The molecule has 1 atom stereocenters. The van der Waals surface area contributed by atoms with Gasteiger partial charge in [-0.1, -0.05) is 27.7 Å². The van der Waals surface area contributed by atoms with Crippen LogP contribution in [-0.2, 0) is 4.79 Å². The number of aromatic nitrogens is 1. The first kappa shape index (κ1) is 17.2. The number of amides is 2. The summed E-state index contributed by atoms with van der Waals surface area (Å²) >= 11 is 0. The Morgan fingerprint density at radius 3 is 2.57 bits per heavy atom. The van der Waals surface area contributed by atoms with Crippen LogP contribution in [0.4, 0.5) is 0 Å². The fourth-order valence-corrected chi connectivity index (χ4v) is 2.80. The van der Waals surface area contributed by atoms with Crippen LogP contribution < -0.4 is 10.9 Å². The van der Waals surface area contributed by atoms with Gasteiger partial charge in [0.05, 0.1) is 0 Å². The van der Waals surface area contributed by atoms with E-state index in [1.165, 1.54) is 6.07 Å². The normalized spacial score (nSPS) is 18.4. The van der Waals surface area contributed by atoms with Crippen LogP contribution in [0.2, 0.25) is 0 Å². The number of nitrogens with zero attached hydrogens (tertiary/aromatic N) is 1. The number of H-pyrrole nitrogens is 1. The summed E-state index contributed by atoms with van der Waals surface area (Å²) in [4.78, 5) is 41.2. The number of piperazine rings is 1. The van der Waals surface area contributed by atoms with Gasteiger partial charge in [-0.05, 0) is 24.3 Å². The first-order chi connectivity index (χ1) is 10.8. The van der Waals surface area contributed by atoms with E-state index in [2.05, 4.69) is 10.3 Å². The molecule has 0 bridgehead atoms. The first-order valence-corrected chi connectivity index (χ1v) is 8.12. The van der Waals surface area contributed by atoms with Crippen molar-refractivity contribution in [3.8, 4) is 0 Å². The zero-order valence-electron chi connectivity index (χ0n) is 14.2. The van der Waals surface area contributed by atoms with Gasteiger partial charge in [-0.3, -0.25) is 14.4 Å². The van der Waals surface area contributed by atoms with Crippen LogP contribution in [0.5, 0.6) is 0 Å². The average Bonchev–Trinajstić information content (AvgIpc) is 2.47. The average molecular weight is 319 g/mol. The number of nitrogens with one attached hydrogen (secondary N) is 2. The maximum Gasteiger partial charge on any atom is 0.254 e. The maximum absolute atomic E-state index is 12.9. The van der Waals surface area contributed by atoms with Crippen LogP contribution in [0.15, 0.2) is 16.9 Å². The van der Waals surface area contributed by atoms with E-state index < -0.39 is 6.04 Å². The second kappa shape index (κ2) is 6.98. The molecular weight excluding hydrogens is 294 g/mol. The molecule has 23 heavy (non-hydrogen) atoms. The molecule has 6 heteroatoms. The van der Waals surface area contributed by atoms with E-state index in [1.54, 1.807) is 11.0 Å². The summed E-state index contributed by atoms with van der Waals surface area (Å²) in [6.07, 6.45) is 0.609. The molecule has 0 saturated carbocycles. The quantitative estimate of drug-likeness (QED) is 0.882. The van der Waals surface area contributed by atoms with E-state index in [1.807, 2.05) is 27.7 Å². The highest BCUT2D eigenvalue weighted by Gasteiger charge is 2.34. The van der Waals surface area contributed by atoms with Gasteiger partial charge in [0.2, 0.25) is 11.5 Å². The molecule has 1 aliphatic rings. The highest BCUT2D eigenvalue weighted by Crippen LogP contribution is 2.18. The molecule has 0 aliphatic carbocycles. The molecule has 1 unspecified atom stereocenters. The molecule has 126 valence electrons. The Kier molecular flexibility index (Phi) is 5.23. The van der Waals surface area contributed by atoms with Gasteiger partial charge in [0.15, 0.2) is 0 Å². The number of carbonyl (C=O) groups is 2. The van der Waals surface area contributed by atoms with Crippen LogP contribution in [0.1, 0.15) is 56.1 Å². The Bertz CT molecular complexity index is 649. The summed E-state index contributed by atoms with van der Waals surface area (Å²) in [6, 6.07) is 2.55. The maximum atomic E-state index is 12.9. The van der Waals surface area contributed by atoms with Crippen molar-refractivity contribution in [3.63, 3.8) is 0 Å². The first-order valence-electron chi connectivity index (χ1n) is 8.12. The predicted molar refractivity (Wildman–Crippen MR) is 88.4 cm³/mol. The van der Waals surface area contributed by atoms with Crippen molar-refractivity contribution in [2.75, 3.05) is 13.1 Å². The van der Waals surface area contributed by atoms with E-state index in [4.69, 9.17) is 0 Å². The van der Waals surface area contributed by atoms with Gasteiger partial charge in [-0.15, -0.1) is 0 Å². The van der Waals surface area contributed by atoms with Crippen molar-refractivity contribution < 1.29 is 9.59 Å². The summed E-state index contributed by atoms with van der Waals surface area (Å²) in [5.74, 6) is 0.0434. The molecule has 1 aromatic heterocycles. The smallest absolute Gasteiger partial charge is 0.254 e. The molecule has 6 nitrogen and oxygen atoms in total. The fraction of sp³-hybridized carbons (Fsp3) is 0.588. The predicted octanol–water partition coefficient (Wildman–Crippen LogP) is 1.48. The van der Waals surface area contributed by atoms with Gasteiger partial charge in [-0.25, -0.2) is 0 Å². The highest BCUT2D eigenvalue weighted by atomic mass is 16.2. The topological polar surface area (TPSA) is 82.3 Å². The Hall–Kier alpha value is -2.11. The lowest BCUT2D eigenvalue weighted by Crippen LogP contribution is -2.57. The van der Waals surface area contributed by atoms with Crippen molar-refractivity contribution >= 4 is 11.8 Å². The monoisotopic (exact) mass is 319 g/mol. The van der Waals surface area contributed by atoms with Gasteiger partial charge in [0.1, 0.15) is 6.04 Å². The number of carbonyl (C=O) groups excluding carboxylic acids is 2. The van der Waals surface area contributed by atoms with E-state index in [-0.39, 0.29) is 23.3 Å². The van der Waals surface area contributed by atoms with Crippen LogP contribution in [0.25, 0.3) is 0 Å². The Balaban J connectivity index is 2.33. The summed E-state index contributed by atoms with van der Waals surface area (Å²) in [5, 5.41) is 2.81. The Labute approximate surface area is 136 Å². The number of hydrogen-bond acceptors (Lipinski definition) is 3. The van der Waals surface area contributed by atoms with Crippen molar-refractivity contribution in [1.82, 2.24) is 15.2 Å². The molecule has 1 aromatic rings. The fourth-order valence-electron chi connectivity index (χ4n) is 2.80. The SMILES string of the molecule is CC(C)CC1C(=O)NCCN1C(=O)c1cc(C(C)C)[nH]c(=O)c1. The zero-order chi connectivity index (χ0) is 17.1. The van der Waals surface area contributed by atoms with Gasteiger partial charge in [0, 0.05) is 30.4 Å². The zero-order valence-corrected chi connectivity index (χ0v) is 14.2. The van der Waals surface area contributed by atoms with E-state index >= 15 is 0 Å². The molecule has 0 spiro atoms. The number of aromatic amines is 1. The molecule has 2 heterocycles. The van der Waals surface area contributed by atoms with E-state index in [0.29, 0.717) is 31.0 Å². The molecule has 1 fully saturated rings. The number of rotatable bonds is 4. The van der Waals surface area contributed by atoms with Crippen LogP contribution in [0, 0.1) is 5.92 Å². The molecule has 0 aromatic carbocycles. The van der Waals surface area contributed by atoms with Gasteiger partial charge >= 0.3 is 0 Å². The molecule has 0 radical (unpaired) electrons. The van der Waals surface area contributed by atoms with Crippen molar-refractivity contribution in [2.24, 2.45) is 5.92 Å². The molecule has 2 rings (SSSR count). The van der Waals surface area contributed by atoms with E-state index in [9.17, 15) is 14.4 Å². The van der Waals surface area contributed by atoms with Gasteiger partial charge in [-0.2, -0.15) is 0 Å². The molecule has 1 aliphatic heterocycles. The summed E-state index contributed by atoms with van der Waals surface area (Å²) in [6.45, 7) is 8.86. The van der Waals surface area contributed by atoms with Crippen LogP contribution >= 0.6 is 0 Å². The van der Waals surface area contributed by atoms with Crippen LogP contribution in [-0.4, -0.2) is 40.8 Å². The third-order valence-electron chi connectivity index (χ3n) is 4.02. The molecule has 2 amide bonds. The third kappa shape index (κ3) is 4.00. The summed E-state index contributed by atoms with van der Waals surface area (Å²) < 4.78 is 0. The lowest BCUT2D eigenvalue weighted by atomic mass is 9.99. The lowest BCUT2D eigenvalue weighted by Gasteiger charge is -2.36. The second-order valence-corrected chi connectivity index (χ2v) is 6.78. The third-order valence-corrected chi connectivity index (χ3v) is 4.02. The summed E-state index contributed by atoms with van der Waals surface area (Å²) in [5.41, 5.74) is 0.782. The van der Waals surface area contributed by atoms with Crippen molar-refractivity contribution in [1.29, 1.82) is 0 Å². The van der Waals surface area contributed by atoms with Gasteiger partial charge in [0.25, 0.3) is 5.91 Å². The van der Waals surface area contributed by atoms with Crippen molar-refractivity contribution in [3.05, 3.63) is 33.7 Å². The second-order valence-electron chi connectivity index (χ2n) is 6.78. The van der Waals surface area contributed by atoms with E-state index in [0.717, 1.165) is 5.69 Å². The Morgan fingerprint density at radius 1 is 1.26 bits per heavy atom. The Morgan fingerprint density at radius 2 is 1.96 bits per heavy atom. The summed E-state index contributed by atoms with van der Waals surface area (Å²) in [7, 11) is 0. The lowest BCUT2D eigenvalue weighted by molar-refractivity contribution is -0.128. The molecule has 1 saturated heterocycles. The highest BCUT2D eigenvalue weighted by molar-refractivity contribution is 5.98. The minimum absolute atomic E-state index is 0.117. The molecule has 2 N–H and O–H groups in total. The van der Waals surface area contributed by atoms with Crippen LogP contribution in [0.3, 0.4) is 0 Å².